The molecule has 2 aromatic rings. The summed E-state index contributed by atoms with van der Waals surface area (Å²) < 4.78 is 0. The van der Waals surface area contributed by atoms with Crippen molar-refractivity contribution in [3.63, 3.8) is 0 Å². The molecule has 6 N–H and O–H groups in total. The molecule has 0 aliphatic carbocycles. The Hall–Kier alpha value is -1.61. The molecule has 134 valence electrons. The minimum atomic E-state index is -0.257. The van der Waals surface area contributed by atoms with Gasteiger partial charge in [0.15, 0.2) is 0 Å². The van der Waals surface area contributed by atoms with Gasteiger partial charge in [-0.25, -0.2) is 15.0 Å². The van der Waals surface area contributed by atoms with E-state index in [0.29, 0.717) is 17.4 Å². The molecular formula is C16H22ClN7S. The smallest absolute Gasteiger partial charge is 0.147 e. The molecule has 0 bridgehead atoms. The summed E-state index contributed by atoms with van der Waals surface area (Å²) in [5, 5.41) is 1.23. The number of nitrogens with zero attached hydrogens (tertiary/aromatic N) is 4. The van der Waals surface area contributed by atoms with E-state index < -0.39 is 0 Å². The highest BCUT2D eigenvalue weighted by Gasteiger charge is 2.30. The van der Waals surface area contributed by atoms with E-state index in [4.69, 9.17) is 33.8 Å². The molecule has 1 aliphatic rings. The second-order valence-electron chi connectivity index (χ2n) is 6.28. The van der Waals surface area contributed by atoms with Crippen molar-refractivity contribution >= 4 is 35.0 Å². The fourth-order valence-electron chi connectivity index (χ4n) is 2.72. The second kappa shape index (κ2) is 7.33. The summed E-state index contributed by atoms with van der Waals surface area (Å²) in [5.41, 5.74) is 18.3. The lowest BCUT2D eigenvalue weighted by Gasteiger charge is -2.38. The molecule has 25 heavy (non-hydrogen) atoms. The van der Waals surface area contributed by atoms with E-state index in [1.54, 1.807) is 12.4 Å². The number of aromatic nitrogens is 3. The van der Waals surface area contributed by atoms with Crippen LogP contribution in [0.5, 0.6) is 0 Å². The number of pyridine rings is 1. The SMILES string of the molecule is Cc1nc(N2CCC(N)(CN)CC2)cnc1Sc1ccnc(N)c1Cl. The maximum Gasteiger partial charge on any atom is 0.147 e. The normalized spacial score (nSPS) is 16.9. The lowest BCUT2D eigenvalue weighted by Crippen LogP contribution is -2.55. The van der Waals surface area contributed by atoms with Gasteiger partial charge in [0.05, 0.1) is 16.9 Å². The maximum atomic E-state index is 6.25. The van der Waals surface area contributed by atoms with Crippen LogP contribution in [0.2, 0.25) is 5.02 Å². The molecule has 0 spiro atoms. The van der Waals surface area contributed by atoms with E-state index in [-0.39, 0.29) is 5.54 Å². The van der Waals surface area contributed by atoms with Gasteiger partial charge in [-0.15, -0.1) is 0 Å². The Kier molecular flexibility index (Phi) is 5.33. The lowest BCUT2D eigenvalue weighted by atomic mass is 9.89. The number of hydrogen-bond donors (Lipinski definition) is 3. The average Bonchev–Trinajstić information content (AvgIpc) is 2.61. The van der Waals surface area contributed by atoms with Crippen LogP contribution in [0, 0.1) is 6.92 Å². The molecule has 3 heterocycles. The Balaban J connectivity index is 1.74. The molecule has 1 fully saturated rings. The Morgan fingerprint density at radius 1 is 1.32 bits per heavy atom. The van der Waals surface area contributed by atoms with Crippen molar-refractivity contribution in [2.45, 2.75) is 35.2 Å². The number of anilines is 2. The van der Waals surface area contributed by atoms with E-state index in [1.165, 1.54) is 11.8 Å². The number of aryl methyl sites for hydroxylation is 1. The number of rotatable bonds is 4. The van der Waals surface area contributed by atoms with Crippen molar-refractivity contribution in [1.82, 2.24) is 15.0 Å². The minimum Gasteiger partial charge on any atom is -0.382 e. The Labute approximate surface area is 156 Å². The third kappa shape index (κ3) is 3.98. The van der Waals surface area contributed by atoms with Crippen molar-refractivity contribution in [2.24, 2.45) is 11.5 Å². The molecule has 0 unspecified atom stereocenters. The fraction of sp³-hybridized carbons (Fsp3) is 0.438. The van der Waals surface area contributed by atoms with Crippen LogP contribution in [0.15, 0.2) is 28.4 Å². The number of hydrogen-bond acceptors (Lipinski definition) is 8. The molecule has 1 aliphatic heterocycles. The second-order valence-corrected chi connectivity index (χ2v) is 7.69. The van der Waals surface area contributed by atoms with Crippen molar-refractivity contribution in [2.75, 3.05) is 30.3 Å². The highest BCUT2D eigenvalue weighted by molar-refractivity contribution is 7.99. The molecule has 0 aromatic carbocycles. The minimum absolute atomic E-state index is 0.257. The zero-order valence-electron chi connectivity index (χ0n) is 14.1. The standard InChI is InChI=1S/C16H22ClN7S/c1-10-15(25-11-2-5-21-14(19)13(11)17)22-8-12(23-10)24-6-3-16(20,9-18)4-7-24/h2,5,8H,3-4,6-7,9,18,20H2,1H3,(H2,19,21). The number of piperidine rings is 1. The fourth-order valence-corrected chi connectivity index (χ4v) is 3.78. The first-order valence-electron chi connectivity index (χ1n) is 8.07. The van der Waals surface area contributed by atoms with Gasteiger partial charge >= 0.3 is 0 Å². The first kappa shape index (κ1) is 18.2. The van der Waals surface area contributed by atoms with Crippen molar-refractivity contribution in [3.8, 4) is 0 Å². The van der Waals surface area contributed by atoms with E-state index in [0.717, 1.165) is 47.4 Å². The molecule has 0 atom stereocenters. The summed E-state index contributed by atoms with van der Waals surface area (Å²) in [6, 6.07) is 1.82. The zero-order valence-corrected chi connectivity index (χ0v) is 15.6. The van der Waals surface area contributed by atoms with Crippen LogP contribution >= 0.6 is 23.4 Å². The van der Waals surface area contributed by atoms with Crippen LogP contribution in [0.3, 0.4) is 0 Å². The largest absolute Gasteiger partial charge is 0.382 e. The molecular weight excluding hydrogens is 358 g/mol. The molecule has 2 aromatic heterocycles. The molecule has 1 saturated heterocycles. The molecule has 0 saturated carbocycles. The van der Waals surface area contributed by atoms with Gasteiger partial charge in [0.1, 0.15) is 16.7 Å². The van der Waals surface area contributed by atoms with E-state index in [1.807, 2.05) is 13.0 Å². The zero-order chi connectivity index (χ0) is 18.0. The van der Waals surface area contributed by atoms with Crippen LogP contribution in [0.25, 0.3) is 0 Å². The molecule has 3 rings (SSSR count). The van der Waals surface area contributed by atoms with Crippen LogP contribution in [0.1, 0.15) is 18.5 Å². The Morgan fingerprint density at radius 2 is 2.04 bits per heavy atom. The number of nitrogens with two attached hydrogens (primary N) is 3. The van der Waals surface area contributed by atoms with Gasteiger partial charge in [-0.05, 0) is 25.8 Å². The summed E-state index contributed by atoms with van der Waals surface area (Å²) in [6.07, 6.45) is 5.13. The van der Waals surface area contributed by atoms with Gasteiger partial charge in [0.25, 0.3) is 0 Å². The maximum absolute atomic E-state index is 6.25. The van der Waals surface area contributed by atoms with E-state index >= 15 is 0 Å². The highest BCUT2D eigenvalue weighted by Crippen LogP contribution is 2.35. The first-order valence-corrected chi connectivity index (χ1v) is 9.27. The molecule has 0 amide bonds. The highest BCUT2D eigenvalue weighted by atomic mass is 35.5. The summed E-state index contributed by atoms with van der Waals surface area (Å²) in [5.74, 6) is 1.17. The van der Waals surface area contributed by atoms with Gasteiger partial charge in [-0.3, -0.25) is 0 Å². The van der Waals surface area contributed by atoms with Crippen LogP contribution in [-0.2, 0) is 0 Å². The Morgan fingerprint density at radius 3 is 2.68 bits per heavy atom. The number of halogens is 1. The summed E-state index contributed by atoms with van der Waals surface area (Å²) in [7, 11) is 0. The van der Waals surface area contributed by atoms with Crippen molar-refractivity contribution < 1.29 is 0 Å². The third-order valence-electron chi connectivity index (χ3n) is 4.47. The van der Waals surface area contributed by atoms with Gasteiger partial charge in [0, 0.05) is 36.3 Å². The third-order valence-corrected chi connectivity index (χ3v) is 6.13. The summed E-state index contributed by atoms with van der Waals surface area (Å²) in [6.45, 7) is 4.12. The van der Waals surface area contributed by atoms with Gasteiger partial charge in [0.2, 0.25) is 0 Å². The lowest BCUT2D eigenvalue weighted by molar-refractivity contribution is 0.341. The van der Waals surface area contributed by atoms with Crippen molar-refractivity contribution in [1.29, 1.82) is 0 Å². The predicted molar refractivity (Wildman–Crippen MR) is 102 cm³/mol. The van der Waals surface area contributed by atoms with Gasteiger partial charge in [-0.2, -0.15) is 0 Å². The topological polar surface area (TPSA) is 120 Å². The average molecular weight is 380 g/mol. The van der Waals surface area contributed by atoms with Crippen molar-refractivity contribution in [3.05, 3.63) is 29.2 Å². The predicted octanol–water partition coefficient (Wildman–Crippen LogP) is 1.82. The van der Waals surface area contributed by atoms with Gasteiger partial charge in [-0.1, -0.05) is 23.4 Å². The number of nitrogen functional groups attached to an aromatic ring is 1. The van der Waals surface area contributed by atoms with Gasteiger partial charge < -0.3 is 22.1 Å². The van der Waals surface area contributed by atoms with Crippen LogP contribution in [0.4, 0.5) is 11.6 Å². The summed E-state index contributed by atoms with van der Waals surface area (Å²) in [4.78, 5) is 16.2. The quantitative estimate of drug-likeness (QED) is 0.735. The van der Waals surface area contributed by atoms with Crippen LogP contribution < -0.4 is 22.1 Å². The monoisotopic (exact) mass is 379 g/mol. The Bertz CT molecular complexity index is 762. The molecule has 0 radical (unpaired) electrons. The molecule has 7 nitrogen and oxygen atoms in total. The molecule has 9 heteroatoms. The summed E-state index contributed by atoms with van der Waals surface area (Å²) >= 11 is 7.64. The van der Waals surface area contributed by atoms with E-state index in [2.05, 4.69) is 14.9 Å². The first-order chi connectivity index (χ1) is 11.9. The van der Waals surface area contributed by atoms with Crippen LogP contribution in [-0.4, -0.2) is 40.1 Å². The van der Waals surface area contributed by atoms with E-state index in [9.17, 15) is 0 Å².